The average molecular weight is 287 g/mol. The zero-order valence-electron chi connectivity index (χ0n) is 11.6. The summed E-state index contributed by atoms with van der Waals surface area (Å²) in [5, 5.41) is 9.42. The second-order valence-electron chi connectivity index (χ2n) is 6.09. The third kappa shape index (κ3) is 2.03. The number of nitrogens with one attached hydrogen (secondary N) is 1. The largest absolute Gasteiger partial charge is 0.481 e. The van der Waals surface area contributed by atoms with Crippen LogP contribution in [0.2, 0.25) is 0 Å². The SMILES string of the molecule is O=C(O)[C@@H]1C[C@H]2CC[C@@H]1CN(c1ncnc3nc[nH]c13)C2. The molecule has 1 saturated carbocycles. The number of aromatic amines is 1. The lowest BCUT2D eigenvalue weighted by atomic mass is 9.76. The van der Waals surface area contributed by atoms with Crippen LogP contribution in [0.25, 0.3) is 11.2 Å². The summed E-state index contributed by atoms with van der Waals surface area (Å²) in [4.78, 5) is 29.5. The topological polar surface area (TPSA) is 95.0 Å². The molecule has 3 fully saturated rings. The number of rotatable bonds is 2. The summed E-state index contributed by atoms with van der Waals surface area (Å²) < 4.78 is 0. The normalized spacial score (nSPS) is 28.8. The van der Waals surface area contributed by atoms with Crippen molar-refractivity contribution in [2.24, 2.45) is 17.8 Å². The Hall–Kier alpha value is -2.18. The molecule has 2 bridgehead atoms. The lowest BCUT2D eigenvalue weighted by Gasteiger charge is -2.28. The zero-order chi connectivity index (χ0) is 14.4. The van der Waals surface area contributed by atoms with Crippen LogP contribution in [0.5, 0.6) is 0 Å². The summed E-state index contributed by atoms with van der Waals surface area (Å²) in [6, 6.07) is 0. The first kappa shape index (κ1) is 12.6. The number of nitrogens with zero attached hydrogens (tertiary/aromatic N) is 4. The Morgan fingerprint density at radius 3 is 3.05 bits per heavy atom. The number of aromatic nitrogens is 4. The first-order valence-corrected chi connectivity index (χ1v) is 7.34. The van der Waals surface area contributed by atoms with Crippen molar-refractivity contribution >= 4 is 23.0 Å². The molecule has 0 radical (unpaired) electrons. The van der Waals surface area contributed by atoms with Crippen molar-refractivity contribution in [3.8, 4) is 0 Å². The smallest absolute Gasteiger partial charge is 0.306 e. The maximum absolute atomic E-state index is 11.5. The number of anilines is 1. The van der Waals surface area contributed by atoms with Gasteiger partial charge < -0.3 is 15.0 Å². The predicted octanol–water partition coefficient (Wildman–Crippen LogP) is 1.29. The van der Waals surface area contributed by atoms with Gasteiger partial charge in [-0.3, -0.25) is 4.79 Å². The van der Waals surface area contributed by atoms with Crippen LogP contribution in [0.1, 0.15) is 19.3 Å². The molecule has 3 atom stereocenters. The van der Waals surface area contributed by atoms with Crippen molar-refractivity contribution in [3.05, 3.63) is 12.7 Å². The van der Waals surface area contributed by atoms with Gasteiger partial charge in [-0.15, -0.1) is 0 Å². The lowest BCUT2D eigenvalue weighted by molar-refractivity contribution is -0.145. The zero-order valence-corrected chi connectivity index (χ0v) is 11.6. The first-order valence-electron chi connectivity index (χ1n) is 7.34. The highest BCUT2D eigenvalue weighted by Gasteiger charge is 2.40. The van der Waals surface area contributed by atoms with Crippen LogP contribution in [0.15, 0.2) is 12.7 Å². The van der Waals surface area contributed by atoms with Crippen molar-refractivity contribution in [2.45, 2.75) is 19.3 Å². The molecule has 5 rings (SSSR count). The van der Waals surface area contributed by atoms with Gasteiger partial charge in [0.05, 0.1) is 12.2 Å². The van der Waals surface area contributed by atoms with Crippen LogP contribution < -0.4 is 4.90 Å². The molecule has 2 saturated heterocycles. The molecule has 1 aliphatic carbocycles. The molecule has 110 valence electrons. The van der Waals surface area contributed by atoms with E-state index in [4.69, 9.17) is 0 Å². The molecule has 7 heteroatoms. The van der Waals surface area contributed by atoms with E-state index in [9.17, 15) is 9.90 Å². The van der Waals surface area contributed by atoms with E-state index < -0.39 is 5.97 Å². The van der Waals surface area contributed by atoms with Crippen molar-refractivity contribution in [1.82, 2.24) is 19.9 Å². The summed E-state index contributed by atoms with van der Waals surface area (Å²) in [7, 11) is 0. The van der Waals surface area contributed by atoms with Gasteiger partial charge in [-0.2, -0.15) is 0 Å². The number of hydrogen-bond acceptors (Lipinski definition) is 5. The second-order valence-corrected chi connectivity index (χ2v) is 6.09. The summed E-state index contributed by atoms with van der Waals surface area (Å²) in [5.41, 5.74) is 1.50. The number of aliphatic carboxylic acids is 1. The number of H-pyrrole nitrogens is 1. The average Bonchev–Trinajstić information content (AvgIpc) is 2.77. The highest BCUT2D eigenvalue weighted by molar-refractivity contribution is 5.82. The van der Waals surface area contributed by atoms with Gasteiger partial charge in [0.2, 0.25) is 0 Å². The number of carbonyl (C=O) groups is 1. The molecule has 2 aromatic heterocycles. The molecule has 0 amide bonds. The van der Waals surface area contributed by atoms with Gasteiger partial charge in [0.25, 0.3) is 0 Å². The molecule has 3 aliphatic rings. The minimum absolute atomic E-state index is 0.203. The fourth-order valence-corrected chi connectivity index (χ4v) is 3.84. The molecular weight excluding hydrogens is 270 g/mol. The van der Waals surface area contributed by atoms with Gasteiger partial charge >= 0.3 is 5.97 Å². The van der Waals surface area contributed by atoms with Crippen LogP contribution in [0.4, 0.5) is 5.82 Å². The highest BCUT2D eigenvalue weighted by Crippen LogP contribution is 2.40. The molecule has 0 aromatic carbocycles. The van der Waals surface area contributed by atoms with E-state index in [1.807, 2.05) is 0 Å². The third-order valence-corrected chi connectivity index (χ3v) is 4.86. The highest BCUT2D eigenvalue weighted by atomic mass is 16.4. The van der Waals surface area contributed by atoms with Gasteiger partial charge in [0.15, 0.2) is 11.5 Å². The van der Waals surface area contributed by atoms with E-state index in [1.165, 1.54) is 6.33 Å². The predicted molar refractivity (Wildman–Crippen MR) is 75.9 cm³/mol. The standard InChI is InChI=1S/C14H17N5O2/c20-14(21)10-3-8-1-2-9(10)5-19(4-8)13-11-12(16-6-15-11)17-7-18-13/h6-10H,1-5H2,(H,20,21)(H,15,16,17,18)/t8-,9-,10-/m1/s1. The first-order chi connectivity index (χ1) is 10.2. The van der Waals surface area contributed by atoms with Gasteiger partial charge in [-0.25, -0.2) is 15.0 Å². The van der Waals surface area contributed by atoms with Crippen LogP contribution in [-0.2, 0) is 4.79 Å². The molecular formula is C14H17N5O2. The van der Waals surface area contributed by atoms with Gasteiger partial charge in [0.1, 0.15) is 11.8 Å². The van der Waals surface area contributed by atoms with Crippen molar-refractivity contribution < 1.29 is 9.90 Å². The van der Waals surface area contributed by atoms with E-state index in [1.54, 1.807) is 6.33 Å². The quantitative estimate of drug-likeness (QED) is 0.864. The molecule has 2 aliphatic heterocycles. The Morgan fingerprint density at radius 2 is 2.19 bits per heavy atom. The summed E-state index contributed by atoms with van der Waals surface area (Å²) >= 11 is 0. The van der Waals surface area contributed by atoms with E-state index in [-0.39, 0.29) is 11.8 Å². The minimum Gasteiger partial charge on any atom is -0.481 e. The fourth-order valence-electron chi connectivity index (χ4n) is 3.84. The number of imidazole rings is 1. The molecule has 2 N–H and O–H groups in total. The van der Waals surface area contributed by atoms with E-state index in [2.05, 4.69) is 24.8 Å². The Bertz CT molecular complexity index is 685. The number of carboxylic acid groups (broad SMARTS) is 1. The Labute approximate surface area is 121 Å². The van der Waals surface area contributed by atoms with Crippen LogP contribution in [0, 0.1) is 17.8 Å². The number of hydrogen-bond donors (Lipinski definition) is 2. The van der Waals surface area contributed by atoms with Crippen molar-refractivity contribution in [1.29, 1.82) is 0 Å². The maximum Gasteiger partial charge on any atom is 0.306 e. The monoisotopic (exact) mass is 287 g/mol. The van der Waals surface area contributed by atoms with Gasteiger partial charge in [-0.05, 0) is 31.1 Å². The van der Waals surface area contributed by atoms with Crippen molar-refractivity contribution in [3.63, 3.8) is 0 Å². The molecule has 0 spiro atoms. The summed E-state index contributed by atoms with van der Waals surface area (Å²) in [6.45, 7) is 1.62. The molecule has 4 heterocycles. The molecule has 21 heavy (non-hydrogen) atoms. The van der Waals surface area contributed by atoms with E-state index >= 15 is 0 Å². The minimum atomic E-state index is -0.652. The van der Waals surface area contributed by atoms with E-state index in [0.29, 0.717) is 11.6 Å². The van der Waals surface area contributed by atoms with E-state index in [0.717, 1.165) is 43.7 Å². The number of carboxylic acids is 1. The molecule has 2 aromatic rings. The van der Waals surface area contributed by atoms with Crippen LogP contribution >= 0.6 is 0 Å². The third-order valence-electron chi connectivity index (χ3n) is 4.86. The van der Waals surface area contributed by atoms with Crippen LogP contribution in [-0.4, -0.2) is 44.1 Å². The summed E-state index contributed by atoms with van der Waals surface area (Å²) in [6.07, 6.45) is 6.04. The fraction of sp³-hybridized carbons (Fsp3) is 0.571. The molecule has 7 nitrogen and oxygen atoms in total. The van der Waals surface area contributed by atoms with Gasteiger partial charge in [0, 0.05) is 13.1 Å². The Balaban J connectivity index is 1.71. The Morgan fingerprint density at radius 1 is 1.29 bits per heavy atom. The number of fused-ring (bicyclic) bond motifs is 5. The maximum atomic E-state index is 11.5. The lowest BCUT2D eigenvalue weighted by Crippen LogP contribution is -2.32. The van der Waals surface area contributed by atoms with Crippen molar-refractivity contribution in [2.75, 3.05) is 18.0 Å². The Kier molecular flexibility index (Phi) is 2.80. The second kappa shape index (κ2) is 4.68. The summed E-state index contributed by atoms with van der Waals surface area (Å²) in [5.74, 6) is 0.612. The molecule has 0 unspecified atom stereocenters. The van der Waals surface area contributed by atoms with Gasteiger partial charge in [-0.1, -0.05) is 0 Å². The van der Waals surface area contributed by atoms with Crippen LogP contribution in [0.3, 0.4) is 0 Å².